The number of hydrogen-bond donors (Lipinski definition) is 2. The first-order valence-corrected chi connectivity index (χ1v) is 6.53. The van der Waals surface area contributed by atoms with Crippen molar-refractivity contribution >= 4 is 5.69 Å². The summed E-state index contributed by atoms with van der Waals surface area (Å²) in [5, 5.41) is 17.9. The largest absolute Gasteiger partial charge is 0.396 e. The molecule has 1 aromatic rings. The van der Waals surface area contributed by atoms with Crippen LogP contribution in [-0.2, 0) is 6.61 Å². The zero-order chi connectivity index (χ0) is 13.0. The van der Waals surface area contributed by atoms with Crippen molar-refractivity contribution in [1.29, 1.82) is 0 Å². The van der Waals surface area contributed by atoms with Gasteiger partial charge < -0.3 is 15.1 Å². The minimum atomic E-state index is -0.286. The van der Waals surface area contributed by atoms with Crippen LogP contribution in [0.1, 0.15) is 31.2 Å². The lowest BCUT2D eigenvalue weighted by Crippen LogP contribution is -2.41. The van der Waals surface area contributed by atoms with Gasteiger partial charge in [0.05, 0.1) is 12.3 Å². The van der Waals surface area contributed by atoms with Crippen LogP contribution in [0.2, 0.25) is 0 Å². The number of aliphatic hydroxyl groups is 2. The zero-order valence-corrected chi connectivity index (χ0v) is 10.5. The topological polar surface area (TPSA) is 43.7 Å². The molecule has 0 spiro atoms. The van der Waals surface area contributed by atoms with Crippen LogP contribution in [0.25, 0.3) is 0 Å². The van der Waals surface area contributed by atoms with E-state index in [2.05, 4.69) is 4.90 Å². The van der Waals surface area contributed by atoms with Crippen LogP contribution in [0.15, 0.2) is 18.2 Å². The van der Waals surface area contributed by atoms with Crippen LogP contribution in [0.3, 0.4) is 0 Å². The van der Waals surface area contributed by atoms with Crippen molar-refractivity contribution in [2.75, 3.05) is 18.1 Å². The SMILES string of the molecule is OCCCN(c1ccc(CO)cc1F)C1CCC1. The van der Waals surface area contributed by atoms with Gasteiger partial charge in [0.15, 0.2) is 0 Å². The Hall–Kier alpha value is -1.13. The highest BCUT2D eigenvalue weighted by Gasteiger charge is 2.26. The Balaban J connectivity index is 2.18. The molecule has 1 saturated carbocycles. The third-order valence-corrected chi connectivity index (χ3v) is 3.58. The molecule has 1 aliphatic rings. The van der Waals surface area contributed by atoms with Crippen molar-refractivity contribution in [3.63, 3.8) is 0 Å². The molecule has 0 bridgehead atoms. The molecule has 2 N–H and O–H groups in total. The molecule has 1 fully saturated rings. The highest BCUT2D eigenvalue weighted by atomic mass is 19.1. The summed E-state index contributed by atoms with van der Waals surface area (Å²) in [6.45, 7) is 0.660. The molecule has 2 rings (SSSR count). The van der Waals surface area contributed by atoms with Crippen molar-refractivity contribution in [2.24, 2.45) is 0 Å². The molecule has 18 heavy (non-hydrogen) atoms. The average molecular weight is 253 g/mol. The molecule has 0 aliphatic heterocycles. The third kappa shape index (κ3) is 2.82. The summed E-state index contributed by atoms with van der Waals surface area (Å²) < 4.78 is 14.0. The van der Waals surface area contributed by atoms with E-state index in [4.69, 9.17) is 10.2 Å². The van der Waals surface area contributed by atoms with Gasteiger partial charge in [0.1, 0.15) is 5.82 Å². The number of nitrogens with zero attached hydrogens (tertiary/aromatic N) is 1. The van der Waals surface area contributed by atoms with E-state index in [-0.39, 0.29) is 19.0 Å². The van der Waals surface area contributed by atoms with E-state index in [1.165, 1.54) is 12.5 Å². The van der Waals surface area contributed by atoms with Crippen LogP contribution in [0.5, 0.6) is 0 Å². The van der Waals surface area contributed by atoms with Crippen LogP contribution < -0.4 is 4.90 Å². The lowest BCUT2D eigenvalue weighted by molar-refractivity contribution is 0.280. The van der Waals surface area contributed by atoms with Crippen molar-refractivity contribution in [2.45, 2.75) is 38.3 Å². The lowest BCUT2D eigenvalue weighted by Gasteiger charge is -2.39. The molecule has 1 aliphatic carbocycles. The van der Waals surface area contributed by atoms with E-state index < -0.39 is 0 Å². The molecule has 0 unspecified atom stereocenters. The number of aliphatic hydroxyl groups excluding tert-OH is 2. The van der Waals surface area contributed by atoms with Crippen molar-refractivity contribution in [3.05, 3.63) is 29.6 Å². The van der Waals surface area contributed by atoms with Gasteiger partial charge >= 0.3 is 0 Å². The van der Waals surface area contributed by atoms with E-state index in [0.717, 1.165) is 12.8 Å². The summed E-state index contributed by atoms with van der Waals surface area (Å²) in [5.74, 6) is -0.286. The molecule has 0 aromatic heterocycles. The van der Waals surface area contributed by atoms with Gasteiger partial charge in [-0.05, 0) is 43.4 Å². The molecule has 4 heteroatoms. The Labute approximate surface area is 107 Å². The molecule has 0 saturated heterocycles. The maximum absolute atomic E-state index is 14.0. The van der Waals surface area contributed by atoms with E-state index in [0.29, 0.717) is 30.3 Å². The fourth-order valence-electron chi connectivity index (χ4n) is 2.32. The van der Waals surface area contributed by atoms with Gasteiger partial charge in [0.2, 0.25) is 0 Å². The second-order valence-electron chi connectivity index (χ2n) is 4.80. The Morgan fingerprint density at radius 2 is 2.06 bits per heavy atom. The van der Waals surface area contributed by atoms with E-state index >= 15 is 0 Å². The zero-order valence-electron chi connectivity index (χ0n) is 10.5. The van der Waals surface area contributed by atoms with Crippen molar-refractivity contribution in [3.8, 4) is 0 Å². The monoisotopic (exact) mass is 253 g/mol. The van der Waals surface area contributed by atoms with Gasteiger partial charge in [-0.25, -0.2) is 4.39 Å². The summed E-state index contributed by atoms with van der Waals surface area (Å²) in [5.41, 5.74) is 1.18. The summed E-state index contributed by atoms with van der Waals surface area (Å²) in [4.78, 5) is 2.05. The predicted molar refractivity (Wildman–Crippen MR) is 69.0 cm³/mol. The quantitative estimate of drug-likeness (QED) is 0.815. The maximum Gasteiger partial charge on any atom is 0.146 e. The molecule has 100 valence electrons. The van der Waals surface area contributed by atoms with Gasteiger partial charge in [-0.15, -0.1) is 0 Å². The van der Waals surface area contributed by atoms with Gasteiger partial charge in [-0.1, -0.05) is 6.07 Å². The molecule has 0 radical (unpaired) electrons. The van der Waals surface area contributed by atoms with E-state index in [1.54, 1.807) is 12.1 Å². The van der Waals surface area contributed by atoms with Gasteiger partial charge in [0.25, 0.3) is 0 Å². The maximum atomic E-state index is 14.0. The highest BCUT2D eigenvalue weighted by Crippen LogP contribution is 2.31. The van der Waals surface area contributed by atoms with Gasteiger partial charge in [0, 0.05) is 19.2 Å². The van der Waals surface area contributed by atoms with Crippen molar-refractivity contribution < 1.29 is 14.6 Å². The first-order chi connectivity index (χ1) is 8.76. The number of rotatable bonds is 6. The fraction of sp³-hybridized carbons (Fsp3) is 0.571. The summed E-state index contributed by atoms with van der Waals surface area (Å²) >= 11 is 0. The predicted octanol–water partition coefficient (Wildman–Crippen LogP) is 2.06. The van der Waals surface area contributed by atoms with Crippen LogP contribution in [0.4, 0.5) is 10.1 Å². The lowest BCUT2D eigenvalue weighted by atomic mass is 9.90. The fourth-order valence-corrected chi connectivity index (χ4v) is 2.32. The molecule has 1 aromatic carbocycles. The molecule has 0 atom stereocenters. The minimum absolute atomic E-state index is 0.125. The number of benzene rings is 1. The number of anilines is 1. The standard InChI is InChI=1S/C14H20FNO2/c15-13-9-11(10-18)5-6-14(13)16(7-2-8-17)12-3-1-4-12/h5-6,9,12,17-18H,1-4,7-8,10H2. The number of halogens is 1. The first kappa shape index (κ1) is 13.3. The molecule has 0 heterocycles. The van der Waals surface area contributed by atoms with Crippen molar-refractivity contribution in [1.82, 2.24) is 0 Å². The Morgan fingerprint density at radius 1 is 1.28 bits per heavy atom. The highest BCUT2D eigenvalue weighted by molar-refractivity contribution is 5.50. The average Bonchev–Trinajstić information content (AvgIpc) is 2.32. The third-order valence-electron chi connectivity index (χ3n) is 3.58. The Bertz CT molecular complexity index is 393. The van der Waals surface area contributed by atoms with Crippen LogP contribution in [0, 0.1) is 5.82 Å². The minimum Gasteiger partial charge on any atom is -0.396 e. The van der Waals surface area contributed by atoms with Crippen LogP contribution >= 0.6 is 0 Å². The first-order valence-electron chi connectivity index (χ1n) is 6.53. The summed E-state index contributed by atoms with van der Waals surface area (Å²) in [6, 6.07) is 5.27. The second kappa shape index (κ2) is 6.16. The van der Waals surface area contributed by atoms with E-state index in [9.17, 15) is 4.39 Å². The van der Waals surface area contributed by atoms with Crippen LogP contribution in [-0.4, -0.2) is 29.4 Å². The normalized spacial score (nSPS) is 15.5. The van der Waals surface area contributed by atoms with E-state index in [1.807, 2.05) is 0 Å². The Kier molecular flexibility index (Phi) is 4.55. The molecular formula is C14H20FNO2. The number of hydrogen-bond acceptors (Lipinski definition) is 3. The summed E-state index contributed by atoms with van der Waals surface area (Å²) in [7, 11) is 0. The second-order valence-corrected chi connectivity index (χ2v) is 4.80. The molecular weight excluding hydrogens is 233 g/mol. The summed E-state index contributed by atoms with van der Waals surface area (Å²) in [6.07, 6.45) is 4.02. The smallest absolute Gasteiger partial charge is 0.146 e. The molecule has 0 amide bonds. The van der Waals surface area contributed by atoms with Gasteiger partial charge in [-0.2, -0.15) is 0 Å². The van der Waals surface area contributed by atoms with Gasteiger partial charge in [-0.3, -0.25) is 0 Å². The molecule has 3 nitrogen and oxygen atoms in total. The Morgan fingerprint density at radius 3 is 2.56 bits per heavy atom.